The molecule has 0 unspecified atom stereocenters. The normalized spacial score (nSPS) is 15.2. The standard InChI is InChI=1S/C20H29N5OS2/c1-14-18(13-28-20-22-15(2)16(3)23-20)21-6-5-19(14)27-12-11-24-7-9-25(10-8-24)17(4)26/h5-6H,7-13H2,1-4H3,(H,22,23). The van der Waals surface area contributed by atoms with E-state index in [0.717, 1.165) is 66.5 Å². The molecule has 1 aliphatic rings. The minimum Gasteiger partial charge on any atom is -0.340 e. The van der Waals surface area contributed by atoms with Crippen molar-refractivity contribution in [3.05, 3.63) is 34.9 Å². The highest BCUT2D eigenvalue weighted by atomic mass is 32.2. The lowest BCUT2D eigenvalue weighted by atomic mass is 10.2. The molecule has 0 aliphatic carbocycles. The SMILES string of the molecule is CC(=O)N1CCN(CCSc2ccnc(CSc3nc(C)c(C)[nH]3)c2C)CC1. The molecule has 1 amide bonds. The van der Waals surface area contributed by atoms with Crippen LogP contribution in [0.1, 0.15) is 29.6 Å². The summed E-state index contributed by atoms with van der Waals surface area (Å²) in [5.74, 6) is 2.06. The number of carbonyl (C=O) groups excluding carboxylic acids is 1. The van der Waals surface area contributed by atoms with Crippen molar-refractivity contribution in [2.24, 2.45) is 0 Å². The second kappa shape index (κ2) is 9.80. The fourth-order valence-electron chi connectivity index (χ4n) is 3.15. The van der Waals surface area contributed by atoms with Crippen molar-refractivity contribution in [2.45, 2.75) is 43.5 Å². The zero-order chi connectivity index (χ0) is 20.1. The smallest absolute Gasteiger partial charge is 0.219 e. The van der Waals surface area contributed by atoms with Gasteiger partial charge in [0.2, 0.25) is 5.91 Å². The van der Waals surface area contributed by atoms with Crippen LogP contribution in [0.2, 0.25) is 0 Å². The predicted octanol–water partition coefficient (Wildman–Crippen LogP) is 3.28. The van der Waals surface area contributed by atoms with E-state index in [2.05, 4.69) is 32.8 Å². The van der Waals surface area contributed by atoms with Gasteiger partial charge in [-0.15, -0.1) is 11.8 Å². The van der Waals surface area contributed by atoms with Crippen LogP contribution in [0.3, 0.4) is 0 Å². The number of hydrogen-bond donors (Lipinski definition) is 1. The number of aromatic nitrogens is 3. The highest BCUT2D eigenvalue weighted by molar-refractivity contribution is 7.99. The summed E-state index contributed by atoms with van der Waals surface area (Å²) in [5, 5.41) is 0.957. The number of carbonyl (C=O) groups is 1. The minimum atomic E-state index is 0.187. The van der Waals surface area contributed by atoms with Crippen molar-refractivity contribution < 1.29 is 4.79 Å². The molecule has 1 aliphatic heterocycles. The average molecular weight is 420 g/mol. The highest BCUT2D eigenvalue weighted by Crippen LogP contribution is 2.28. The highest BCUT2D eigenvalue weighted by Gasteiger charge is 2.18. The molecule has 28 heavy (non-hydrogen) atoms. The van der Waals surface area contributed by atoms with Crippen LogP contribution in [0.4, 0.5) is 0 Å². The van der Waals surface area contributed by atoms with Crippen molar-refractivity contribution in [3.8, 4) is 0 Å². The lowest BCUT2D eigenvalue weighted by Crippen LogP contribution is -2.48. The molecule has 2 aromatic heterocycles. The van der Waals surface area contributed by atoms with E-state index >= 15 is 0 Å². The first-order chi connectivity index (χ1) is 13.4. The molecule has 0 atom stereocenters. The van der Waals surface area contributed by atoms with Gasteiger partial charge in [-0.1, -0.05) is 11.8 Å². The number of amides is 1. The fraction of sp³-hybridized carbons (Fsp3) is 0.550. The first kappa shape index (κ1) is 21.2. The number of aromatic amines is 1. The van der Waals surface area contributed by atoms with E-state index in [9.17, 15) is 4.79 Å². The molecule has 0 saturated carbocycles. The third-order valence-electron chi connectivity index (χ3n) is 5.19. The topological polar surface area (TPSA) is 65.1 Å². The van der Waals surface area contributed by atoms with E-state index in [-0.39, 0.29) is 5.91 Å². The van der Waals surface area contributed by atoms with Gasteiger partial charge in [0.25, 0.3) is 0 Å². The molecule has 1 fully saturated rings. The van der Waals surface area contributed by atoms with Crippen LogP contribution >= 0.6 is 23.5 Å². The van der Waals surface area contributed by atoms with Gasteiger partial charge in [0.15, 0.2) is 5.16 Å². The zero-order valence-electron chi connectivity index (χ0n) is 17.1. The predicted molar refractivity (Wildman–Crippen MR) is 116 cm³/mol. The number of H-pyrrole nitrogens is 1. The summed E-state index contributed by atoms with van der Waals surface area (Å²) in [6.45, 7) is 12.6. The number of nitrogens with zero attached hydrogens (tertiary/aromatic N) is 4. The minimum absolute atomic E-state index is 0.187. The molecule has 3 rings (SSSR count). The maximum Gasteiger partial charge on any atom is 0.219 e. The Morgan fingerprint density at radius 3 is 2.57 bits per heavy atom. The summed E-state index contributed by atoms with van der Waals surface area (Å²) in [5.41, 5.74) is 4.57. The first-order valence-electron chi connectivity index (χ1n) is 9.65. The molecular weight excluding hydrogens is 390 g/mol. The third kappa shape index (κ3) is 5.52. The molecule has 152 valence electrons. The fourth-order valence-corrected chi connectivity index (χ4v) is 5.20. The summed E-state index contributed by atoms with van der Waals surface area (Å²) in [6.07, 6.45) is 1.91. The second-order valence-corrected chi connectivity index (χ2v) is 9.22. The maximum absolute atomic E-state index is 11.4. The number of imidazole rings is 1. The van der Waals surface area contributed by atoms with E-state index < -0.39 is 0 Å². The van der Waals surface area contributed by atoms with Gasteiger partial charge in [0.1, 0.15) is 0 Å². The lowest BCUT2D eigenvalue weighted by Gasteiger charge is -2.34. The van der Waals surface area contributed by atoms with Crippen molar-refractivity contribution in [1.82, 2.24) is 24.8 Å². The Hall–Kier alpha value is -1.51. The monoisotopic (exact) mass is 419 g/mol. The van der Waals surface area contributed by atoms with Crippen LogP contribution in [-0.4, -0.2) is 69.1 Å². The molecular formula is C20H29N5OS2. The lowest BCUT2D eigenvalue weighted by molar-refractivity contribution is -0.130. The molecule has 0 spiro atoms. The summed E-state index contributed by atoms with van der Waals surface area (Å²) in [4.78, 5) is 29.5. The first-order valence-corrected chi connectivity index (χ1v) is 11.6. The Balaban J connectivity index is 1.48. The molecule has 0 radical (unpaired) electrons. The van der Waals surface area contributed by atoms with E-state index in [1.165, 1.54) is 10.5 Å². The molecule has 1 N–H and O–H groups in total. The number of rotatable bonds is 7. The van der Waals surface area contributed by atoms with E-state index in [1.807, 2.05) is 36.7 Å². The largest absolute Gasteiger partial charge is 0.340 e. The Morgan fingerprint density at radius 2 is 1.93 bits per heavy atom. The van der Waals surface area contributed by atoms with E-state index in [4.69, 9.17) is 0 Å². The Bertz CT molecular complexity index is 795. The number of hydrogen-bond acceptors (Lipinski definition) is 6. The summed E-state index contributed by atoms with van der Waals surface area (Å²) < 4.78 is 0. The van der Waals surface area contributed by atoms with Crippen LogP contribution in [0.5, 0.6) is 0 Å². The molecule has 1 saturated heterocycles. The van der Waals surface area contributed by atoms with E-state index in [0.29, 0.717) is 0 Å². The van der Waals surface area contributed by atoms with Gasteiger partial charge in [-0.3, -0.25) is 14.7 Å². The van der Waals surface area contributed by atoms with Gasteiger partial charge in [0.05, 0.1) is 11.4 Å². The summed E-state index contributed by atoms with van der Waals surface area (Å²) in [7, 11) is 0. The van der Waals surface area contributed by atoms with Crippen molar-refractivity contribution in [1.29, 1.82) is 0 Å². The quantitative estimate of drug-likeness (QED) is 0.695. The van der Waals surface area contributed by atoms with Crippen LogP contribution in [0, 0.1) is 20.8 Å². The molecule has 0 aromatic carbocycles. The van der Waals surface area contributed by atoms with Crippen LogP contribution in [0.25, 0.3) is 0 Å². The summed E-state index contributed by atoms with van der Waals surface area (Å²) in [6, 6.07) is 2.11. The maximum atomic E-state index is 11.4. The van der Waals surface area contributed by atoms with Crippen LogP contribution in [0.15, 0.2) is 22.3 Å². The van der Waals surface area contributed by atoms with Gasteiger partial charge in [-0.2, -0.15) is 0 Å². The summed E-state index contributed by atoms with van der Waals surface area (Å²) >= 11 is 3.60. The van der Waals surface area contributed by atoms with E-state index in [1.54, 1.807) is 18.7 Å². The van der Waals surface area contributed by atoms with Gasteiger partial charge in [0, 0.05) is 67.9 Å². The molecule has 2 aromatic rings. The number of nitrogens with one attached hydrogen (secondary N) is 1. The number of aryl methyl sites for hydroxylation is 2. The molecule has 3 heterocycles. The number of thioether (sulfide) groups is 2. The second-order valence-electron chi connectivity index (χ2n) is 7.12. The Labute approximate surface area is 175 Å². The Kier molecular flexibility index (Phi) is 7.42. The van der Waals surface area contributed by atoms with Crippen molar-refractivity contribution in [2.75, 3.05) is 38.5 Å². The third-order valence-corrected chi connectivity index (χ3v) is 7.22. The number of pyridine rings is 1. The van der Waals surface area contributed by atoms with Gasteiger partial charge < -0.3 is 9.88 Å². The van der Waals surface area contributed by atoms with Gasteiger partial charge >= 0.3 is 0 Å². The molecule has 6 nitrogen and oxygen atoms in total. The van der Waals surface area contributed by atoms with Gasteiger partial charge in [-0.25, -0.2) is 4.98 Å². The van der Waals surface area contributed by atoms with Crippen molar-refractivity contribution >= 4 is 29.4 Å². The molecule has 8 heteroatoms. The average Bonchev–Trinajstić information content (AvgIpc) is 3.00. The van der Waals surface area contributed by atoms with Crippen molar-refractivity contribution in [3.63, 3.8) is 0 Å². The molecule has 0 bridgehead atoms. The van der Waals surface area contributed by atoms with Gasteiger partial charge in [-0.05, 0) is 32.4 Å². The van der Waals surface area contributed by atoms with Crippen LogP contribution < -0.4 is 0 Å². The van der Waals surface area contributed by atoms with Crippen LogP contribution in [-0.2, 0) is 10.5 Å². The Morgan fingerprint density at radius 1 is 1.18 bits per heavy atom. The zero-order valence-corrected chi connectivity index (χ0v) is 18.8. The number of piperazine rings is 1.